The number of aromatic amines is 1. The second-order valence-corrected chi connectivity index (χ2v) is 7.60. The van der Waals surface area contributed by atoms with Crippen LogP contribution in [-0.4, -0.2) is 31.4 Å². The van der Waals surface area contributed by atoms with E-state index in [9.17, 15) is 4.79 Å². The summed E-state index contributed by atoms with van der Waals surface area (Å²) in [7, 11) is 1.66. The van der Waals surface area contributed by atoms with Gasteiger partial charge in [-0.2, -0.15) is 0 Å². The van der Waals surface area contributed by atoms with E-state index in [4.69, 9.17) is 9.72 Å². The van der Waals surface area contributed by atoms with Crippen LogP contribution < -0.4 is 10.4 Å². The maximum atomic E-state index is 12.0. The van der Waals surface area contributed by atoms with Gasteiger partial charge in [0.05, 0.1) is 23.9 Å². The number of imidazole rings is 1. The summed E-state index contributed by atoms with van der Waals surface area (Å²) < 4.78 is 9.13. The van der Waals surface area contributed by atoms with Gasteiger partial charge in [-0.1, -0.05) is 37.2 Å². The molecular weight excluding hydrogens is 386 g/mol. The van der Waals surface area contributed by atoms with Crippen LogP contribution in [0.3, 0.4) is 0 Å². The molecule has 29 heavy (non-hydrogen) atoms. The molecule has 7 nitrogen and oxygen atoms in total. The second-order valence-electron chi connectivity index (χ2n) is 6.66. The molecule has 0 bridgehead atoms. The maximum Gasteiger partial charge on any atom is 0.343 e. The highest BCUT2D eigenvalue weighted by atomic mass is 32.2. The van der Waals surface area contributed by atoms with Crippen molar-refractivity contribution in [3.63, 3.8) is 0 Å². The van der Waals surface area contributed by atoms with Gasteiger partial charge >= 0.3 is 5.69 Å². The third kappa shape index (κ3) is 3.93. The molecule has 0 amide bonds. The van der Waals surface area contributed by atoms with Crippen molar-refractivity contribution in [3.8, 4) is 11.4 Å². The molecule has 0 spiro atoms. The first kappa shape index (κ1) is 19.3. The molecular formula is C21H23N5O2S. The van der Waals surface area contributed by atoms with Gasteiger partial charge in [0, 0.05) is 12.2 Å². The number of rotatable bonds is 8. The van der Waals surface area contributed by atoms with Crippen molar-refractivity contribution < 1.29 is 4.74 Å². The van der Waals surface area contributed by atoms with Crippen molar-refractivity contribution in [1.29, 1.82) is 0 Å². The van der Waals surface area contributed by atoms with Crippen LogP contribution in [0.15, 0.2) is 58.5 Å². The Labute approximate surface area is 172 Å². The number of hydrogen-bond acceptors (Lipinski definition) is 5. The monoisotopic (exact) mass is 409 g/mol. The summed E-state index contributed by atoms with van der Waals surface area (Å²) >= 11 is 1.52. The van der Waals surface area contributed by atoms with Crippen LogP contribution in [0.5, 0.6) is 5.75 Å². The summed E-state index contributed by atoms with van der Waals surface area (Å²) in [5.41, 5.74) is 2.83. The highest BCUT2D eigenvalue weighted by Crippen LogP contribution is 2.27. The Morgan fingerprint density at radius 1 is 1.14 bits per heavy atom. The number of unbranched alkanes of at least 4 members (excludes halogenated alkanes) is 1. The quantitative estimate of drug-likeness (QED) is 0.445. The molecule has 1 N–H and O–H groups in total. The Bertz CT molecular complexity index is 1160. The summed E-state index contributed by atoms with van der Waals surface area (Å²) in [6.45, 7) is 2.78. The highest BCUT2D eigenvalue weighted by molar-refractivity contribution is 7.98. The van der Waals surface area contributed by atoms with Gasteiger partial charge in [0.15, 0.2) is 5.16 Å². The minimum Gasteiger partial charge on any atom is -0.497 e. The zero-order chi connectivity index (χ0) is 20.2. The van der Waals surface area contributed by atoms with Crippen molar-refractivity contribution in [2.24, 2.45) is 0 Å². The third-order valence-electron chi connectivity index (χ3n) is 4.75. The minimum absolute atomic E-state index is 0.162. The molecule has 4 aromatic rings. The summed E-state index contributed by atoms with van der Waals surface area (Å²) in [6.07, 6.45) is 1.96. The Balaban J connectivity index is 1.68. The summed E-state index contributed by atoms with van der Waals surface area (Å²) in [5.74, 6) is 2.31. The number of nitrogens with zero attached hydrogens (tertiary/aromatic N) is 4. The van der Waals surface area contributed by atoms with E-state index in [2.05, 4.69) is 27.8 Å². The first-order valence-electron chi connectivity index (χ1n) is 9.60. The van der Waals surface area contributed by atoms with Gasteiger partial charge in [-0.3, -0.25) is 9.13 Å². The van der Waals surface area contributed by atoms with Gasteiger partial charge in [-0.05, 0) is 42.8 Å². The smallest absolute Gasteiger partial charge is 0.343 e. The van der Waals surface area contributed by atoms with Crippen molar-refractivity contribution in [3.05, 3.63) is 64.8 Å². The topological polar surface area (TPSA) is 77.7 Å². The molecule has 0 aliphatic carbocycles. The molecule has 0 saturated carbocycles. The third-order valence-corrected chi connectivity index (χ3v) is 5.72. The average molecular weight is 410 g/mol. The molecule has 0 aliphatic heterocycles. The number of para-hydroxylation sites is 2. The molecule has 150 valence electrons. The van der Waals surface area contributed by atoms with Gasteiger partial charge in [0.1, 0.15) is 11.6 Å². The Hall–Kier alpha value is -3.00. The standard InChI is InChI=1S/C21H23N5O2S/c1-3-4-13-25-20(27)23-24-21(25)29-14-19-22-17-7-5-6-8-18(17)26(19)15-9-11-16(28-2)12-10-15/h5-12H,3-4,13-14H2,1-2H3,(H,23,27). The summed E-state index contributed by atoms with van der Waals surface area (Å²) in [4.78, 5) is 16.9. The molecule has 0 saturated heterocycles. The number of methoxy groups -OCH3 is 1. The van der Waals surface area contributed by atoms with Gasteiger partial charge in [0.25, 0.3) is 0 Å². The molecule has 0 radical (unpaired) electrons. The first-order valence-corrected chi connectivity index (χ1v) is 10.6. The Morgan fingerprint density at radius 2 is 1.93 bits per heavy atom. The molecule has 4 rings (SSSR count). The van der Waals surface area contributed by atoms with Gasteiger partial charge in [-0.25, -0.2) is 14.9 Å². The van der Waals surface area contributed by atoms with Crippen molar-refractivity contribution in [1.82, 2.24) is 24.3 Å². The van der Waals surface area contributed by atoms with E-state index in [1.165, 1.54) is 11.8 Å². The molecule has 2 aromatic heterocycles. The van der Waals surface area contributed by atoms with Crippen LogP contribution in [0.4, 0.5) is 0 Å². The van der Waals surface area contributed by atoms with E-state index in [1.54, 1.807) is 11.7 Å². The summed E-state index contributed by atoms with van der Waals surface area (Å²) in [6, 6.07) is 16.0. The van der Waals surface area contributed by atoms with E-state index < -0.39 is 0 Å². The number of aromatic nitrogens is 5. The fourth-order valence-corrected chi connectivity index (χ4v) is 4.14. The predicted molar refractivity (Wildman–Crippen MR) is 115 cm³/mol. The number of H-pyrrole nitrogens is 1. The predicted octanol–water partition coefficient (Wildman–Crippen LogP) is 4.01. The Morgan fingerprint density at radius 3 is 2.69 bits per heavy atom. The number of benzene rings is 2. The molecule has 0 atom stereocenters. The maximum absolute atomic E-state index is 12.0. The largest absolute Gasteiger partial charge is 0.497 e. The lowest BCUT2D eigenvalue weighted by atomic mass is 10.2. The molecule has 8 heteroatoms. The second kappa shape index (κ2) is 8.57. The van der Waals surface area contributed by atoms with E-state index in [0.717, 1.165) is 41.1 Å². The number of thioether (sulfide) groups is 1. The Kier molecular flexibility index (Phi) is 5.71. The normalized spacial score (nSPS) is 11.2. The molecule has 0 fully saturated rings. The lowest BCUT2D eigenvalue weighted by Crippen LogP contribution is -2.17. The van der Waals surface area contributed by atoms with Crippen LogP contribution in [-0.2, 0) is 12.3 Å². The highest BCUT2D eigenvalue weighted by Gasteiger charge is 2.15. The van der Waals surface area contributed by atoms with Gasteiger partial charge < -0.3 is 4.74 Å². The van der Waals surface area contributed by atoms with E-state index in [0.29, 0.717) is 17.5 Å². The number of fused-ring (bicyclic) bond motifs is 1. The van der Waals surface area contributed by atoms with Crippen molar-refractivity contribution in [2.45, 2.75) is 37.2 Å². The fourth-order valence-electron chi connectivity index (χ4n) is 3.25. The fraction of sp³-hybridized carbons (Fsp3) is 0.286. The molecule has 0 unspecified atom stereocenters. The van der Waals surface area contributed by atoms with Crippen molar-refractivity contribution in [2.75, 3.05) is 7.11 Å². The van der Waals surface area contributed by atoms with E-state index in [-0.39, 0.29) is 5.69 Å². The van der Waals surface area contributed by atoms with Crippen LogP contribution in [0.2, 0.25) is 0 Å². The van der Waals surface area contributed by atoms with Crippen molar-refractivity contribution >= 4 is 22.8 Å². The van der Waals surface area contributed by atoms with E-state index in [1.807, 2.05) is 42.5 Å². The van der Waals surface area contributed by atoms with Gasteiger partial charge in [0.2, 0.25) is 0 Å². The number of nitrogens with one attached hydrogen (secondary N) is 1. The number of hydrogen-bond donors (Lipinski definition) is 1. The summed E-state index contributed by atoms with van der Waals surface area (Å²) in [5, 5.41) is 7.45. The lowest BCUT2D eigenvalue weighted by molar-refractivity contribution is 0.414. The first-order chi connectivity index (χ1) is 14.2. The zero-order valence-electron chi connectivity index (χ0n) is 16.5. The number of ether oxygens (including phenoxy) is 1. The molecule has 2 heterocycles. The molecule has 0 aliphatic rings. The SMILES string of the molecule is CCCCn1c(SCc2nc3ccccc3n2-c2ccc(OC)cc2)n[nH]c1=O. The van der Waals surface area contributed by atoms with Gasteiger partial charge in [-0.15, -0.1) is 5.10 Å². The minimum atomic E-state index is -0.162. The molecule has 2 aromatic carbocycles. The van der Waals surface area contributed by atoms with Crippen LogP contribution in [0.25, 0.3) is 16.7 Å². The van der Waals surface area contributed by atoms with E-state index >= 15 is 0 Å². The van der Waals surface area contributed by atoms with Crippen LogP contribution >= 0.6 is 11.8 Å². The van der Waals surface area contributed by atoms with Crippen LogP contribution in [0.1, 0.15) is 25.6 Å². The van der Waals surface area contributed by atoms with Crippen LogP contribution in [0, 0.1) is 0 Å². The zero-order valence-corrected chi connectivity index (χ0v) is 17.3. The lowest BCUT2D eigenvalue weighted by Gasteiger charge is -2.10. The average Bonchev–Trinajstić information content (AvgIpc) is 3.30.